The molecule has 1 aliphatic heterocycles. The van der Waals surface area contributed by atoms with E-state index < -0.39 is 0 Å². The maximum atomic E-state index is 13.1. The lowest BCUT2D eigenvalue weighted by molar-refractivity contribution is 0.0710. The summed E-state index contributed by atoms with van der Waals surface area (Å²) in [5.41, 5.74) is 2.83. The van der Waals surface area contributed by atoms with Gasteiger partial charge in [0.25, 0.3) is 5.91 Å². The number of amides is 1. The van der Waals surface area contributed by atoms with E-state index in [9.17, 15) is 4.79 Å². The van der Waals surface area contributed by atoms with E-state index in [0.717, 1.165) is 37.0 Å². The second-order valence-corrected chi connectivity index (χ2v) is 7.64. The zero-order valence-corrected chi connectivity index (χ0v) is 17.5. The highest BCUT2D eigenvalue weighted by atomic mass is 16.5. The van der Waals surface area contributed by atoms with Gasteiger partial charge in [-0.15, -0.1) is 0 Å². The molecule has 1 saturated heterocycles. The Balaban J connectivity index is 1.49. The summed E-state index contributed by atoms with van der Waals surface area (Å²) in [6.07, 6.45) is 5.12. The van der Waals surface area contributed by atoms with E-state index in [1.807, 2.05) is 41.3 Å². The maximum absolute atomic E-state index is 13.1. The number of methoxy groups -OCH3 is 1. The second-order valence-electron chi connectivity index (χ2n) is 7.64. The number of hydrogen-bond donors (Lipinski definition) is 0. The van der Waals surface area contributed by atoms with Crippen molar-refractivity contribution in [2.24, 2.45) is 0 Å². The fraction of sp³-hybridized carbons (Fsp3) is 0.375. The number of rotatable bonds is 7. The minimum absolute atomic E-state index is 0.0174. The van der Waals surface area contributed by atoms with Crippen molar-refractivity contribution in [1.82, 2.24) is 15.0 Å². The van der Waals surface area contributed by atoms with Crippen LogP contribution in [0.2, 0.25) is 0 Å². The van der Waals surface area contributed by atoms with Crippen molar-refractivity contribution in [1.29, 1.82) is 0 Å². The van der Waals surface area contributed by atoms with Crippen molar-refractivity contribution in [2.75, 3.05) is 13.7 Å². The first kappa shape index (κ1) is 20.1. The summed E-state index contributed by atoms with van der Waals surface area (Å²) in [6.45, 7) is 2.88. The van der Waals surface area contributed by atoms with E-state index in [2.05, 4.69) is 29.2 Å². The van der Waals surface area contributed by atoms with Gasteiger partial charge in [0.15, 0.2) is 0 Å². The van der Waals surface area contributed by atoms with Crippen LogP contribution in [0.5, 0.6) is 5.75 Å². The van der Waals surface area contributed by atoms with Gasteiger partial charge in [0.1, 0.15) is 11.8 Å². The monoisotopic (exact) mass is 405 g/mol. The molecule has 1 amide bonds. The van der Waals surface area contributed by atoms with E-state index in [-0.39, 0.29) is 11.9 Å². The molecule has 0 spiro atoms. The van der Waals surface area contributed by atoms with Gasteiger partial charge >= 0.3 is 0 Å². The largest absolute Gasteiger partial charge is 0.497 e. The van der Waals surface area contributed by atoms with E-state index in [4.69, 9.17) is 9.26 Å². The van der Waals surface area contributed by atoms with Crippen LogP contribution in [0.3, 0.4) is 0 Å². The number of aryl methyl sites for hydroxylation is 1. The van der Waals surface area contributed by atoms with Crippen LogP contribution < -0.4 is 4.74 Å². The Morgan fingerprint density at radius 2 is 1.93 bits per heavy atom. The van der Waals surface area contributed by atoms with Gasteiger partial charge in [-0.1, -0.05) is 30.6 Å². The Morgan fingerprint density at radius 3 is 2.63 bits per heavy atom. The normalized spacial score (nSPS) is 16.1. The highest BCUT2D eigenvalue weighted by Gasteiger charge is 2.34. The summed E-state index contributed by atoms with van der Waals surface area (Å²) < 4.78 is 10.7. The lowest BCUT2D eigenvalue weighted by Gasteiger charge is -2.22. The third-order valence-electron chi connectivity index (χ3n) is 5.61. The molecule has 0 saturated carbocycles. The molecule has 0 radical (unpaired) electrons. The third kappa shape index (κ3) is 4.22. The first-order valence-corrected chi connectivity index (χ1v) is 10.6. The molecule has 1 aromatic heterocycles. The molecular weight excluding hydrogens is 378 g/mol. The van der Waals surface area contributed by atoms with Crippen molar-refractivity contribution in [3.8, 4) is 17.1 Å². The zero-order chi connectivity index (χ0) is 20.9. The fourth-order valence-corrected chi connectivity index (χ4v) is 3.86. The van der Waals surface area contributed by atoms with Gasteiger partial charge in [0.05, 0.1) is 7.11 Å². The summed E-state index contributed by atoms with van der Waals surface area (Å²) in [7, 11) is 1.63. The molecule has 156 valence electrons. The SMILES string of the molecule is CCCCc1ccc(C(=O)N2CCC[C@@H]2c2nc(-c3ccc(OC)cc3)no2)cc1. The number of carbonyl (C=O) groups excluding carboxylic acids is 1. The van der Waals surface area contributed by atoms with E-state index >= 15 is 0 Å². The number of likely N-dealkylation sites (tertiary alicyclic amines) is 1. The topological polar surface area (TPSA) is 68.5 Å². The number of aromatic nitrogens is 2. The molecule has 0 unspecified atom stereocenters. The number of benzene rings is 2. The average molecular weight is 405 g/mol. The lowest BCUT2D eigenvalue weighted by Crippen LogP contribution is -2.30. The predicted octanol–water partition coefficient (Wildman–Crippen LogP) is 5.07. The summed E-state index contributed by atoms with van der Waals surface area (Å²) in [5.74, 6) is 1.80. The average Bonchev–Trinajstić information content (AvgIpc) is 3.47. The number of carbonyl (C=O) groups is 1. The second kappa shape index (κ2) is 9.11. The zero-order valence-electron chi connectivity index (χ0n) is 17.5. The number of unbranched alkanes of at least 4 members (excludes halogenated alkanes) is 1. The quantitative estimate of drug-likeness (QED) is 0.549. The molecule has 0 aliphatic carbocycles. The summed E-state index contributed by atoms with van der Waals surface area (Å²) in [4.78, 5) is 19.6. The van der Waals surface area contributed by atoms with Crippen LogP contribution in [-0.4, -0.2) is 34.6 Å². The molecule has 4 rings (SSSR count). The highest BCUT2D eigenvalue weighted by molar-refractivity contribution is 5.94. The highest BCUT2D eigenvalue weighted by Crippen LogP contribution is 2.33. The van der Waals surface area contributed by atoms with Gasteiger partial charge in [0.2, 0.25) is 11.7 Å². The van der Waals surface area contributed by atoms with Crippen LogP contribution in [0.1, 0.15) is 60.5 Å². The minimum atomic E-state index is -0.184. The first-order chi connectivity index (χ1) is 14.7. The van der Waals surface area contributed by atoms with Crippen molar-refractivity contribution >= 4 is 5.91 Å². The minimum Gasteiger partial charge on any atom is -0.497 e. The molecular formula is C24H27N3O3. The Bertz CT molecular complexity index is 980. The molecule has 0 bridgehead atoms. The van der Waals surface area contributed by atoms with E-state index in [0.29, 0.717) is 23.8 Å². The Kier molecular flexibility index (Phi) is 6.12. The lowest BCUT2D eigenvalue weighted by atomic mass is 10.1. The molecule has 2 aromatic carbocycles. The molecule has 1 atom stereocenters. The maximum Gasteiger partial charge on any atom is 0.254 e. The molecule has 0 N–H and O–H groups in total. The molecule has 1 fully saturated rings. The van der Waals surface area contributed by atoms with Gasteiger partial charge in [-0.2, -0.15) is 4.98 Å². The van der Waals surface area contributed by atoms with Crippen LogP contribution in [0.15, 0.2) is 53.1 Å². The summed E-state index contributed by atoms with van der Waals surface area (Å²) in [5, 5.41) is 4.13. The third-order valence-corrected chi connectivity index (χ3v) is 5.61. The standard InChI is InChI=1S/C24H27N3O3/c1-3-4-6-17-8-10-19(11-9-17)24(28)27-16-5-7-21(27)23-25-22(26-30-23)18-12-14-20(29-2)15-13-18/h8-15,21H,3-7,16H2,1-2H3/t21-/m1/s1. The van der Waals surface area contributed by atoms with Crippen molar-refractivity contribution in [3.05, 3.63) is 65.5 Å². The summed E-state index contributed by atoms with van der Waals surface area (Å²) in [6, 6.07) is 15.3. The van der Waals surface area contributed by atoms with E-state index in [1.54, 1.807) is 7.11 Å². The Morgan fingerprint density at radius 1 is 1.17 bits per heavy atom. The van der Waals surface area contributed by atoms with Crippen molar-refractivity contribution < 1.29 is 14.1 Å². The number of hydrogen-bond acceptors (Lipinski definition) is 5. The Labute approximate surface area is 176 Å². The molecule has 1 aliphatic rings. The van der Waals surface area contributed by atoms with Crippen LogP contribution in [0.25, 0.3) is 11.4 Å². The van der Waals surface area contributed by atoms with Crippen LogP contribution >= 0.6 is 0 Å². The number of nitrogens with zero attached hydrogens (tertiary/aromatic N) is 3. The van der Waals surface area contributed by atoms with Crippen molar-refractivity contribution in [2.45, 2.75) is 45.1 Å². The van der Waals surface area contributed by atoms with E-state index in [1.165, 1.54) is 12.0 Å². The van der Waals surface area contributed by atoms with Gasteiger partial charge in [0, 0.05) is 17.7 Å². The number of ether oxygens (including phenoxy) is 1. The van der Waals surface area contributed by atoms with Crippen LogP contribution in [0, 0.1) is 0 Å². The van der Waals surface area contributed by atoms with Gasteiger partial charge in [-0.05, 0) is 67.6 Å². The first-order valence-electron chi connectivity index (χ1n) is 10.6. The molecule has 6 nitrogen and oxygen atoms in total. The molecule has 3 aromatic rings. The van der Waals surface area contributed by atoms with Gasteiger partial charge < -0.3 is 14.2 Å². The predicted molar refractivity (Wildman–Crippen MR) is 114 cm³/mol. The van der Waals surface area contributed by atoms with Gasteiger partial charge in [-0.3, -0.25) is 4.79 Å². The van der Waals surface area contributed by atoms with Gasteiger partial charge in [-0.25, -0.2) is 0 Å². The molecule has 30 heavy (non-hydrogen) atoms. The fourth-order valence-electron chi connectivity index (χ4n) is 3.86. The smallest absolute Gasteiger partial charge is 0.254 e. The molecule has 2 heterocycles. The van der Waals surface area contributed by atoms with Crippen LogP contribution in [-0.2, 0) is 6.42 Å². The van der Waals surface area contributed by atoms with Crippen LogP contribution in [0.4, 0.5) is 0 Å². The summed E-state index contributed by atoms with van der Waals surface area (Å²) >= 11 is 0. The van der Waals surface area contributed by atoms with Crippen molar-refractivity contribution in [3.63, 3.8) is 0 Å². The molecule has 6 heteroatoms. The Hall–Kier alpha value is -3.15.